The van der Waals surface area contributed by atoms with Crippen molar-refractivity contribution in [1.82, 2.24) is 15.5 Å². The standard InChI is InChI=1S/C26H19Cl2F6N3O4S/c1-42(40,37-23(39)25(29,30)31)9-8-35-22(38)20-7-6-19(17-4-2-3-5-18(17)20)21-13-24(41-36-21,26(32,33)34)14-10-15(27)12-16(28)11-14/h2-7,9-13,36H,8H2,1H3,(H,35,38)(H,37,39,40). The minimum atomic E-state index is -5.24. The molecule has 0 aliphatic carbocycles. The summed E-state index contributed by atoms with van der Waals surface area (Å²) in [6.07, 6.45) is -8.50. The Balaban J connectivity index is 1.67. The Bertz CT molecular complexity index is 1710. The first-order valence-corrected chi connectivity index (χ1v) is 14.4. The quantitative estimate of drug-likeness (QED) is 0.241. The smallest absolute Gasteiger partial charge is 0.348 e. The summed E-state index contributed by atoms with van der Waals surface area (Å²) in [6.45, 7) is -0.473. The van der Waals surface area contributed by atoms with Gasteiger partial charge in [0, 0.05) is 54.6 Å². The van der Waals surface area contributed by atoms with Gasteiger partial charge in [-0.3, -0.25) is 24.6 Å². The number of benzene rings is 3. The summed E-state index contributed by atoms with van der Waals surface area (Å²) in [5.41, 5.74) is -0.739. The molecule has 3 N–H and O–H groups in total. The molecule has 0 bridgehead atoms. The first-order valence-electron chi connectivity index (χ1n) is 11.7. The van der Waals surface area contributed by atoms with Gasteiger partial charge in [0.2, 0.25) is 5.60 Å². The lowest BCUT2D eigenvalue weighted by molar-refractivity contribution is -0.269. The zero-order valence-electron chi connectivity index (χ0n) is 21.1. The predicted octanol–water partition coefficient (Wildman–Crippen LogP) is 5.52. The van der Waals surface area contributed by atoms with E-state index in [1.807, 2.05) is 0 Å². The molecule has 1 aliphatic heterocycles. The van der Waals surface area contributed by atoms with Gasteiger partial charge in [0.15, 0.2) is 0 Å². The Labute approximate surface area is 244 Å². The van der Waals surface area contributed by atoms with Crippen LogP contribution in [0.4, 0.5) is 26.3 Å². The summed E-state index contributed by atoms with van der Waals surface area (Å²) < 4.78 is 94.3. The molecule has 7 nitrogen and oxygen atoms in total. The Morgan fingerprint density at radius 3 is 2.21 bits per heavy atom. The topological polar surface area (TPSA) is 96.5 Å². The highest BCUT2D eigenvalue weighted by atomic mass is 35.5. The molecule has 2 unspecified atom stereocenters. The number of carbonyl (C=O) groups is 2. The van der Waals surface area contributed by atoms with Gasteiger partial charge < -0.3 is 5.32 Å². The Morgan fingerprint density at radius 1 is 1.00 bits per heavy atom. The molecule has 0 spiro atoms. The second-order valence-corrected chi connectivity index (χ2v) is 12.3. The fourth-order valence-electron chi connectivity index (χ4n) is 4.15. The highest BCUT2D eigenvalue weighted by Crippen LogP contribution is 2.48. The third-order valence-corrected chi connectivity index (χ3v) is 7.89. The van der Waals surface area contributed by atoms with Crippen LogP contribution >= 0.6 is 23.2 Å². The third-order valence-electron chi connectivity index (χ3n) is 6.06. The number of rotatable bonds is 6. The summed E-state index contributed by atoms with van der Waals surface area (Å²) in [4.78, 5) is 29.1. The molecule has 3 aromatic rings. The lowest BCUT2D eigenvalue weighted by atomic mass is 9.90. The van der Waals surface area contributed by atoms with Gasteiger partial charge in [0.1, 0.15) is 0 Å². The van der Waals surface area contributed by atoms with Crippen LogP contribution in [0.25, 0.3) is 16.5 Å². The van der Waals surface area contributed by atoms with Crippen molar-refractivity contribution < 1.29 is 45.0 Å². The number of hydrogen-bond acceptors (Lipinski definition) is 5. The van der Waals surface area contributed by atoms with Gasteiger partial charge >= 0.3 is 18.3 Å². The SMILES string of the molecule is CS(=O)(=CCNC(=O)c1ccc(C2=CC(c3cc(Cl)cc(Cl)c3)(C(F)(F)F)ON2)c2ccccc12)NC(=O)C(F)(F)F. The minimum absolute atomic E-state index is 0.0359. The Hall–Kier alpha value is -3.46. The number of carbonyl (C=O) groups excluding carboxylic acids is 2. The third kappa shape index (κ3) is 6.46. The molecule has 42 heavy (non-hydrogen) atoms. The summed E-state index contributed by atoms with van der Waals surface area (Å²) in [6, 6.07) is 12.4. The highest BCUT2D eigenvalue weighted by Gasteiger charge is 2.59. The van der Waals surface area contributed by atoms with Crippen molar-refractivity contribution in [2.24, 2.45) is 0 Å². The predicted molar refractivity (Wildman–Crippen MR) is 147 cm³/mol. The van der Waals surface area contributed by atoms with Crippen LogP contribution < -0.4 is 15.5 Å². The molecule has 224 valence electrons. The van der Waals surface area contributed by atoms with Crippen molar-refractivity contribution in [3.05, 3.63) is 87.4 Å². The van der Waals surface area contributed by atoms with Crippen molar-refractivity contribution in [3.8, 4) is 0 Å². The fourth-order valence-corrected chi connectivity index (χ4v) is 5.64. The lowest BCUT2D eigenvalue weighted by Crippen LogP contribution is -2.42. The molecule has 0 saturated carbocycles. The number of hydrogen-bond donors (Lipinski definition) is 3. The van der Waals surface area contributed by atoms with Crippen LogP contribution in [0, 0.1) is 0 Å². The Kier molecular flexibility index (Phi) is 8.48. The molecule has 2 amide bonds. The normalized spacial score (nSPS) is 18.5. The van der Waals surface area contributed by atoms with E-state index >= 15 is 0 Å². The van der Waals surface area contributed by atoms with E-state index in [4.69, 9.17) is 28.0 Å². The van der Waals surface area contributed by atoms with Gasteiger partial charge in [0.25, 0.3) is 5.91 Å². The monoisotopic (exact) mass is 653 g/mol. The minimum Gasteiger partial charge on any atom is -0.348 e. The van der Waals surface area contributed by atoms with Crippen LogP contribution in [-0.2, 0) is 24.9 Å². The zero-order chi connectivity index (χ0) is 31.1. The van der Waals surface area contributed by atoms with Crippen LogP contribution in [0.1, 0.15) is 21.5 Å². The van der Waals surface area contributed by atoms with Crippen LogP contribution in [0.5, 0.6) is 0 Å². The molecule has 1 aliphatic rings. The van der Waals surface area contributed by atoms with Crippen LogP contribution in [0.15, 0.2) is 60.7 Å². The number of halogens is 8. The first-order chi connectivity index (χ1) is 19.4. The van der Waals surface area contributed by atoms with Crippen molar-refractivity contribution in [2.45, 2.75) is 18.0 Å². The number of alkyl halides is 6. The molecule has 4 rings (SSSR count). The van der Waals surface area contributed by atoms with E-state index in [9.17, 15) is 40.1 Å². The second kappa shape index (κ2) is 11.3. The van der Waals surface area contributed by atoms with Crippen molar-refractivity contribution in [3.63, 3.8) is 0 Å². The van der Waals surface area contributed by atoms with Crippen molar-refractivity contribution >= 4 is 66.6 Å². The van der Waals surface area contributed by atoms with Gasteiger partial charge in [-0.2, -0.15) is 26.3 Å². The van der Waals surface area contributed by atoms with E-state index < -0.39 is 46.0 Å². The van der Waals surface area contributed by atoms with E-state index in [1.165, 1.54) is 29.0 Å². The van der Waals surface area contributed by atoms with Crippen molar-refractivity contribution in [2.75, 3.05) is 12.8 Å². The van der Waals surface area contributed by atoms with Crippen LogP contribution in [0.3, 0.4) is 0 Å². The lowest BCUT2D eigenvalue weighted by Gasteiger charge is -2.28. The van der Waals surface area contributed by atoms with E-state index in [-0.39, 0.29) is 32.4 Å². The second-order valence-electron chi connectivity index (χ2n) is 9.07. The molecular formula is C26H19Cl2F6N3O4S. The summed E-state index contributed by atoms with van der Waals surface area (Å²) in [5, 5.41) is 3.79. The van der Waals surface area contributed by atoms with Crippen LogP contribution in [0.2, 0.25) is 10.0 Å². The molecule has 2 atom stereocenters. The molecule has 16 heteroatoms. The summed E-state index contributed by atoms with van der Waals surface area (Å²) >= 11 is 11.9. The summed E-state index contributed by atoms with van der Waals surface area (Å²) in [7, 11) is -3.60. The number of amides is 2. The molecule has 1 heterocycles. The van der Waals surface area contributed by atoms with Gasteiger partial charge in [0.05, 0.1) is 5.70 Å². The molecule has 0 saturated heterocycles. The average molecular weight is 654 g/mol. The largest absolute Gasteiger partial charge is 0.472 e. The maximum absolute atomic E-state index is 14.4. The van der Waals surface area contributed by atoms with Gasteiger partial charge in [-0.25, -0.2) is 4.21 Å². The van der Waals surface area contributed by atoms with Gasteiger partial charge in [-0.05, 0) is 41.1 Å². The van der Waals surface area contributed by atoms with E-state index in [2.05, 4.69) is 10.8 Å². The average Bonchev–Trinajstić information content (AvgIpc) is 3.33. The molecule has 0 fully saturated rings. The van der Waals surface area contributed by atoms with Crippen molar-refractivity contribution in [1.29, 1.82) is 0 Å². The number of nitrogens with one attached hydrogen (secondary N) is 3. The van der Waals surface area contributed by atoms with Gasteiger partial charge in [-0.1, -0.05) is 53.5 Å². The van der Waals surface area contributed by atoms with Crippen LogP contribution in [-0.4, -0.2) is 46.5 Å². The maximum atomic E-state index is 14.4. The van der Waals surface area contributed by atoms with E-state index in [0.29, 0.717) is 10.8 Å². The van der Waals surface area contributed by atoms with Gasteiger partial charge in [-0.15, -0.1) is 0 Å². The van der Waals surface area contributed by atoms with E-state index in [0.717, 1.165) is 29.8 Å². The molecule has 0 radical (unpaired) electrons. The molecular weight excluding hydrogens is 635 g/mol. The summed E-state index contributed by atoms with van der Waals surface area (Å²) in [5.74, 6) is -3.12. The first kappa shape index (κ1) is 31.5. The number of hydroxylamine groups is 1. The molecule has 0 aromatic heterocycles. The number of fused-ring (bicyclic) bond motifs is 1. The van der Waals surface area contributed by atoms with E-state index in [1.54, 1.807) is 18.2 Å². The molecule has 3 aromatic carbocycles. The highest BCUT2D eigenvalue weighted by molar-refractivity contribution is 7.99. The fraction of sp³-hybridized carbons (Fsp3) is 0.192. The zero-order valence-corrected chi connectivity index (χ0v) is 23.5. The maximum Gasteiger partial charge on any atom is 0.472 e. The Morgan fingerprint density at radius 2 is 1.62 bits per heavy atom.